The maximum absolute atomic E-state index is 14.8. The largest absolute Gasteiger partial charge is 0.432 e. The van der Waals surface area contributed by atoms with Crippen LogP contribution in [0.15, 0.2) is 66.7 Å². The SMILES string of the molecule is CCCC1CCC(C2CCC(CC)CC2)CC1.Cc1ccc(-c2ccc(-c3cc(F)c(C(F)(F)Oc4cc(F)c(F)c(F)c4)c(F)c3)c(F)c2)cc1. The minimum absolute atomic E-state index is 0.0987. The summed E-state index contributed by atoms with van der Waals surface area (Å²) in [5, 5.41) is 0. The Morgan fingerprint density at radius 1 is 0.577 bits per heavy atom. The van der Waals surface area contributed by atoms with Gasteiger partial charge in [-0.05, 0) is 91.2 Å². The second-order valence-corrected chi connectivity index (χ2v) is 14.5. The zero-order valence-electron chi connectivity index (χ0n) is 29.9. The topological polar surface area (TPSA) is 9.23 Å². The molecule has 2 aliphatic carbocycles. The summed E-state index contributed by atoms with van der Waals surface area (Å²) in [4.78, 5) is 0. The van der Waals surface area contributed by atoms with E-state index >= 15 is 0 Å². The third-order valence-corrected chi connectivity index (χ3v) is 10.9. The molecule has 0 spiro atoms. The fraction of sp³-hybridized carbons (Fsp3) is 0.442. The summed E-state index contributed by atoms with van der Waals surface area (Å²) in [6, 6.07) is 12.2. The first-order valence-electron chi connectivity index (χ1n) is 18.4. The number of hydrogen-bond acceptors (Lipinski definition) is 1. The molecule has 0 aromatic heterocycles. The molecule has 0 bridgehead atoms. The molecular formula is C43H46F8O. The van der Waals surface area contributed by atoms with Gasteiger partial charge in [0.05, 0.1) is 0 Å². The lowest BCUT2D eigenvalue weighted by atomic mass is 9.68. The summed E-state index contributed by atoms with van der Waals surface area (Å²) in [6.07, 6.45) is 12.0. The molecule has 2 aliphatic rings. The van der Waals surface area contributed by atoms with E-state index in [4.69, 9.17) is 0 Å². The Bertz CT molecular complexity index is 1740. The minimum Gasteiger partial charge on any atom is -0.429 e. The summed E-state index contributed by atoms with van der Waals surface area (Å²) < 4.78 is 117. The van der Waals surface area contributed by atoms with Crippen molar-refractivity contribution >= 4 is 0 Å². The molecular weight excluding hydrogens is 684 g/mol. The van der Waals surface area contributed by atoms with Crippen molar-refractivity contribution < 1.29 is 39.9 Å². The Morgan fingerprint density at radius 3 is 1.58 bits per heavy atom. The summed E-state index contributed by atoms with van der Waals surface area (Å²) in [7, 11) is 0. The van der Waals surface area contributed by atoms with E-state index in [0.717, 1.165) is 35.3 Å². The molecule has 0 heterocycles. The summed E-state index contributed by atoms with van der Waals surface area (Å²) in [5.74, 6) is -6.87. The van der Waals surface area contributed by atoms with Crippen molar-refractivity contribution in [2.75, 3.05) is 0 Å². The van der Waals surface area contributed by atoms with Crippen LogP contribution in [0.3, 0.4) is 0 Å². The van der Waals surface area contributed by atoms with E-state index in [0.29, 0.717) is 23.3 Å². The maximum atomic E-state index is 14.8. The van der Waals surface area contributed by atoms with E-state index in [1.165, 1.54) is 44.2 Å². The number of ether oxygens (including phenoxy) is 1. The lowest BCUT2D eigenvalue weighted by Gasteiger charge is -2.37. The molecule has 6 rings (SSSR count). The molecule has 1 nitrogen and oxygen atoms in total. The molecule has 9 heteroatoms. The fourth-order valence-electron chi connectivity index (χ4n) is 7.90. The molecule has 0 amide bonds. The number of alkyl halides is 2. The van der Waals surface area contributed by atoms with Crippen LogP contribution in [0.4, 0.5) is 35.1 Å². The van der Waals surface area contributed by atoms with Gasteiger partial charge in [-0.2, -0.15) is 8.78 Å². The van der Waals surface area contributed by atoms with Crippen molar-refractivity contribution in [2.24, 2.45) is 23.7 Å². The summed E-state index contributed by atoms with van der Waals surface area (Å²) >= 11 is 0. The first kappa shape index (κ1) is 39.3. The van der Waals surface area contributed by atoms with Crippen LogP contribution in [0.1, 0.15) is 95.6 Å². The van der Waals surface area contributed by atoms with Gasteiger partial charge in [-0.3, -0.25) is 0 Å². The smallest absolute Gasteiger partial charge is 0.429 e. The van der Waals surface area contributed by atoms with Gasteiger partial charge in [0.15, 0.2) is 17.5 Å². The van der Waals surface area contributed by atoms with Crippen molar-refractivity contribution in [3.63, 3.8) is 0 Å². The van der Waals surface area contributed by atoms with E-state index in [2.05, 4.69) is 18.6 Å². The average Bonchev–Trinajstić information content (AvgIpc) is 3.11. The Balaban J connectivity index is 0.000000257. The quantitative estimate of drug-likeness (QED) is 0.123. The van der Waals surface area contributed by atoms with E-state index in [-0.39, 0.29) is 23.3 Å². The molecule has 0 aliphatic heterocycles. The Hall–Kier alpha value is -3.88. The number of benzene rings is 4. The molecule has 4 aromatic carbocycles. The first-order chi connectivity index (χ1) is 24.8. The van der Waals surface area contributed by atoms with Gasteiger partial charge in [0.1, 0.15) is 28.8 Å². The van der Waals surface area contributed by atoms with Crippen molar-refractivity contribution in [3.05, 3.63) is 113 Å². The maximum Gasteiger partial charge on any atom is 0.432 e. The fourth-order valence-corrected chi connectivity index (χ4v) is 7.90. The number of rotatable bonds is 9. The molecule has 0 saturated heterocycles. The van der Waals surface area contributed by atoms with Gasteiger partial charge in [0.25, 0.3) is 0 Å². The molecule has 0 unspecified atom stereocenters. The van der Waals surface area contributed by atoms with Gasteiger partial charge in [-0.1, -0.05) is 101 Å². The Labute approximate surface area is 301 Å². The average molecular weight is 731 g/mol. The van der Waals surface area contributed by atoms with Crippen LogP contribution in [0.5, 0.6) is 5.75 Å². The van der Waals surface area contributed by atoms with Gasteiger partial charge >= 0.3 is 6.11 Å². The lowest BCUT2D eigenvalue weighted by molar-refractivity contribution is -0.189. The van der Waals surface area contributed by atoms with Crippen LogP contribution < -0.4 is 4.74 Å². The Morgan fingerprint density at radius 2 is 1.08 bits per heavy atom. The molecule has 0 radical (unpaired) electrons. The molecule has 0 atom stereocenters. The summed E-state index contributed by atoms with van der Waals surface area (Å²) in [5.41, 5.74) is -0.319. The molecule has 2 saturated carbocycles. The highest BCUT2D eigenvalue weighted by Gasteiger charge is 2.42. The van der Waals surface area contributed by atoms with Gasteiger partial charge in [0.2, 0.25) is 0 Å². The number of halogens is 8. The van der Waals surface area contributed by atoms with Crippen LogP contribution in [-0.4, -0.2) is 0 Å². The van der Waals surface area contributed by atoms with E-state index in [1.54, 1.807) is 50.7 Å². The Kier molecular flexibility index (Phi) is 13.1. The first-order valence-corrected chi connectivity index (χ1v) is 18.4. The molecule has 280 valence electrons. The standard InChI is InChI=1S/C26H14F8O.C17H32/c1-13-2-4-14(5-3-13)15-6-7-18(19(27)8-15)16-9-20(28)24(21(29)10-16)26(33,34)35-17-11-22(30)25(32)23(31)12-17;1-3-5-15-8-12-17(13-9-15)16-10-6-14(4-2)7-11-16/h2-12H,1H3;14-17H,3-13H2,1-2H3. The van der Waals surface area contributed by atoms with Crippen LogP contribution in [-0.2, 0) is 6.11 Å². The van der Waals surface area contributed by atoms with Gasteiger partial charge in [-0.15, -0.1) is 0 Å². The lowest BCUT2D eigenvalue weighted by Crippen LogP contribution is -2.25. The van der Waals surface area contributed by atoms with E-state index in [1.807, 2.05) is 19.1 Å². The highest BCUT2D eigenvalue weighted by Crippen LogP contribution is 2.43. The normalized spacial score (nSPS) is 20.6. The second-order valence-electron chi connectivity index (χ2n) is 14.5. The highest BCUT2D eigenvalue weighted by molar-refractivity contribution is 5.71. The van der Waals surface area contributed by atoms with Gasteiger partial charge in [-0.25, -0.2) is 26.3 Å². The predicted molar refractivity (Wildman–Crippen MR) is 189 cm³/mol. The zero-order chi connectivity index (χ0) is 37.6. The molecule has 0 N–H and O–H groups in total. The second kappa shape index (κ2) is 17.3. The van der Waals surface area contributed by atoms with Crippen molar-refractivity contribution in [2.45, 2.75) is 97.5 Å². The monoisotopic (exact) mass is 730 g/mol. The van der Waals surface area contributed by atoms with Crippen LogP contribution in [0.2, 0.25) is 0 Å². The third kappa shape index (κ3) is 9.56. The van der Waals surface area contributed by atoms with Crippen molar-refractivity contribution in [3.8, 4) is 28.0 Å². The van der Waals surface area contributed by atoms with Crippen molar-refractivity contribution in [1.29, 1.82) is 0 Å². The molecule has 52 heavy (non-hydrogen) atoms. The molecule has 4 aromatic rings. The van der Waals surface area contributed by atoms with E-state index in [9.17, 15) is 35.1 Å². The minimum atomic E-state index is -4.74. The number of aryl methyl sites for hydroxylation is 1. The van der Waals surface area contributed by atoms with Crippen LogP contribution in [0, 0.1) is 65.5 Å². The number of hydrogen-bond donors (Lipinski definition) is 0. The molecule has 2 fully saturated rings. The van der Waals surface area contributed by atoms with Crippen molar-refractivity contribution in [1.82, 2.24) is 0 Å². The highest BCUT2D eigenvalue weighted by atomic mass is 19.3. The zero-order valence-corrected chi connectivity index (χ0v) is 29.9. The van der Waals surface area contributed by atoms with Crippen LogP contribution in [0.25, 0.3) is 22.3 Å². The van der Waals surface area contributed by atoms with Gasteiger partial charge < -0.3 is 4.74 Å². The van der Waals surface area contributed by atoms with Crippen LogP contribution >= 0.6 is 0 Å². The van der Waals surface area contributed by atoms with E-state index < -0.39 is 52.3 Å². The van der Waals surface area contributed by atoms with Gasteiger partial charge in [0, 0.05) is 17.7 Å². The predicted octanol–water partition coefficient (Wildman–Crippen LogP) is 14.1. The summed E-state index contributed by atoms with van der Waals surface area (Å²) in [6.45, 7) is 6.60. The third-order valence-electron chi connectivity index (χ3n) is 10.9.